The first-order valence-corrected chi connectivity index (χ1v) is 13.4. The highest BCUT2D eigenvalue weighted by molar-refractivity contribution is 7.99. The number of carbonyl (C=O) groups is 3. The van der Waals surface area contributed by atoms with Gasteiger partial charge in [0, 0.05) is 25.0 Å². The van der Waals surface area contributed by atoms with Crippen LogP contribution in [0.5, 0.6) is 0 Å². The molecule has 4 saturated carbocycles. The number of aromatic nitrogens is 3. The second-order valence-electron chi connectivity index (χ2n) is 10.6. The molecule has 0 aromatic carbocycles. The summed E-state index contributed by atoms with van der Waals surface area (Å²) in [6.45, 7) is 1.30. The lowest BCUT2D eigenvalue weighted by Crippen LogP contribution is -2.61. The molecule has 1 aliphatic heterocycles. The van der Waals surface area contributed by atoms with Gasteiger partial charge in [0.2, 0.25) is 11.8 Å². The molecule has 186 valence electrons. The van der Waals surface area contributed by atoms with E-state index in [1.807, 2.05) is 4.57 Å². The molecule has 6 rings (SSSR count). The van der Waals surface area contributed by atoms with Crippen molar-refractivity contribution < 1.29 is 19.1 Å². The monoisotopic (exact) mass is 490 g/mol. The van der Waals surface area contributed by atoms with Crippen molar-refractivity contribution in [2.24, 2.45) is 23.5 Å². The number of nitrogens with one attached hydrogen (secondary N) is 2. The molecular formula is C23H34N6O4S. The fraction of sp³-hybridized carbons (Fsp3) is 0.783. The lowest BCUT2D eigenvalue weighted by molar-refractivity contribution is -0.118. The number of aryl methyl sites for hydroxylation is 1. The highest BCUT2D eigenvalue weighted by Crippen LogP contribution is 2.55. The van der Waals surface area contributed by atoms with Crippen LogP contribution < -0.4 is 16.4 Å². The molecule has 5 fully saturated rings. The van der Waals surface area contributed by atoms with Crippen LogP contribution in [-0.4, -0.2) is 56.6 Å². The number of imide groups is 1. The summed E-state index contributed by atoms with van der Waals surface area (Å²) in [5.74, 6) is 2.10. The summed E-state index contributed by atoms with van der Waals surface area (Å²) in [6.07, 6.45) is 9.58. The summed E-state index contributed by atoms with van der Waals surface area (Å²) in [6, 6.07) is -0.393. The smallest absolute Gasteiger partial charge is 0.321 e. The predicted molar refractivity (Wildman–Crippen MR) is 125 cm³/mol. The number of thioether (sulfide) groups is 1. The van der Waals surface area contributed by atoms with Crippen LogP contribution in [0.1, 0.15) is 63.6 Å². The zero-order valence-electron chi connectivity index (χ0n) is 19.5. The van der Waals surface area contributed by atoms with Crippen molar-refractivity contribution in [1.82, 2.24) is 25.4 Å². The highest BCUT2D eigenvalue weighted by atomic mass is 32.2. The Balaban J connectivity index is 1.15. The Labute approximate surface area is 203 Å². The van der Waals surface area contributed by atoms with E-state index in [0.717, 1.165) is 56.5 Å². The molecule has 1 aromatic heterocycles. The number of primary amides is 1. The van der Waals surface area contributed by atoms with E-state index in [1.165, 1.54) is 31.0 Å². The molecule has 1 atom stereocenters. The molecule has 4 aliphatic carbocycles. The number of hydrogen-bond donors (Lipinski definition) is 3. The maximum Gasteiger partial charge on any atom is 0.321 e. The van der Waals surface area contributed by atoms with E-state index in [9.17, 15) is 14.4 Å². The molecule has 0 radical (unpaired) electrons. The average Bonchev–Trinajstić information content (AvgIpc) is 3.39. The minimum absolute atomic E-state index is 0.0494. The Morgan fingerprint density at radius 3 is 2.44 bits per heavy atom. The predicted octanol–water partition coefficient (Wildman–Crippen LogP) is 1.76. The normalized spacial score (nSPS) is 31.5. The van der Waals surface area contributed by atoms with E-state index in [-0.39, 0.29) is 29.7 Å². The van der Waals surface area contributed by atoms with Crippen LogP contribution in [0.3, 0.4) is 0 Å². The van der Waals surface area contributed by atoms with Gasteiger partial charge in [0.1, 0.15) is 5.82 Å². The standard InChI is InChI=1S/C23H34N6O4S/c24-18(30)3-4-19-27-28-22(29(19)12-17-2-1-5-33-17)34-13-20(31)25-21(32)26-23-9-14-6-15(10-23)8-16(7-14)11-23/h14-17H,1-13H2,(H2,24,30)(H2,25,26,31,32). The van der Waals surface area contributed by atoms with Crippen LogP contribution in [0.15, 0.2) is 5.16 Å². The molecule has 4 amide bonds. The van der Waals surface area contributed by atoms with Gasteiger partial charge in [-0.1, -0.05) is 11.8 Å². The van der Waals surface area contributed by atoms with E-state index in [0.29, 0.717) is 23.9 Å². The first-order valence-electron chi connectivity index (χ1n) is 12.4. The Bertz CT molecular complexity index is 909. The fourth-order valence-electron chi connectivity index (χ4n) is 6.85. The van der Waals surface area contributed by atoms with Gasteiger partial charge in [-0.2, -0.15) is 0 Å². The average molecular weight is 491 g/mol. The maximum atomic E-state index is 12.7. The molecule has 1 saturated heterocycles. The highest BCUT2D eigenvalue weighted by Gasteiger charge is 2.51. The number of rotatable bonds is 9. The molecule has 4 bridgehead atoms. The Morgan fingerprint density at radius 1 is 1.12 bits per heavy atom. The maximum absolute atomic E-state index is 12.7. The molecule has 1 aromatic rings. The summed E-state index contributed by atoms with van der Waals surface area (Å²) in [5.41, 5.74) is 5.16. The summed E-state index contributed by atoms with van der Waals surface area (Å²) in [4.78, 5) is 36.4. The van der Waals surface area contributed by atoms with Crippen molar-refractivity contribution in [1.29, 1.82) is 0 Å². The Kier molecular flexibility index (Phi) is 6.83. The number of ether oxygens (including phenoxy) is 1. The number of amides is 4. The minimum Gasteiger partial charge on any atom is -0.376 e. The van der Waals surface area contributed by atoms with E-state index in [2.05, 4.69) is 20.8 Å². The Morgan fingerprint density at radius 2 is 1.82 bits per heavy atom. The molecule has 34 heavy (non-hydrogen) atoms. The molecule has 1 unspecified atom stereocenters. The number of carbonyl (C=O) groups excluding carboxylic acids is 3. The van der Waals surface area contributed by atoms with Crippen LogP contribution in [0.4, 0.5) is 4.79 Å². The van der Waals surface area contributed by atoms with Gasteiger partial charge in [-0.25, -0.2) is 4.79 Å². The largest absolute Gasteiger partial charge is 0.376 e. The molecule has 5 aliphatic rings. The number of hydrogen-bond acceptors (Lipinski definition) is 7. The topological polar surface area (TPSA) is 141 Å². The molecule has 2 heterocycles. The van der Waals surface area contributed by atoms with Gasteiger partial charge >= 0.3 is 6.03 Å². The van der Waals surface area contributed by atoms with Gasteiger partial charge in [-0.3, -0.25) is 14.9 Å². The minimum atomic E-state index is -0.398. The lowest BCUT2D eigenvalue weighted by Gasteiger charge is -2.56. The zero-order valence-corrected chi connectivity index (χ0v) is 20.3. The van der Waals surface area contributed by atoms with Crippen molar-refractivity contribution in [3.05, 3.63) is 5.82 Å². The summed E-state index contributed by atoms with van der Waals surface area (Å²) < 4.78 is 7.65. The van der Waals surface area contributed by atoms with Gasteiger partial charge < -0.3 is 20.4 Å². The number of urea groups is 1. The van der Waals surface area contributed by atoms with Crippen molar-refractivity contribution in [2.45, 2.75) is 87.6 Å². The fourth-order valence-corrected chi connectivity index (χ4v) is 7.62. The molecule has 10 nitrogen and oxygen atoms in total. The van der Waals surface area contributed by atoms with Crippen LogP contribution in [0.2, 0.25) is 0 Å². The first-order chi connectivity index (χ1) is 16.4. The third-order valence-corrected chi connectivity index (χ3v) is 8.77. The van der Waals surface area contributed by atoms with Gasteiger partial charge in [0.05, 0.1) is 18.4 Å². The van der Waals surface area contributed by atoms with Crippen molar-refractivity contribution >= 4 is 29.6 Å². The van der Waals surface area contributed by atoms with Crippen molar-refractivity contribution in [3.63, 3.8) is 0 Å². The second-order valence-corrected chi connectivity index (χ2v) is 11.5. The zero-order chi connectivity index (χ0) is 23.7. The van der Waals surface area contributed by atoms with Crippen LogP contribution in [0, 0.1) is 17.8 Å². The summed E-state index contributed by atoms with van der Waals surface area (Å²) in [5, 5.41) is 14.7. The number of nitrogens with two attached hydrogens (primary N) is 1. The summed E-state index contributed by atoms with van der Waals surface area (Å²) in [7, 11) is 0. The lowest BCUT2D eigenvalue weighted by atomic mass is 9.53. The quantitative estimate of drug-likeness (QED) is 0.448. The van der Waals surface area contributed by atoms with Crippen LogP contribution in [-0.2, 0) is 27.3 Å². The SMILES string of the molecule is NC(=O)CCc1nnc(SCC(=O)NC(=O)NC23CC4CC(CC(C4)C2)C3)n1CC1CCCO1. The van der Waals surface area contributed by atoms with Gasteiger partial charge in [0.25, 0.3) is 0 Å². The van der Waals surface area contributed by atoms with Gasteiger partial charge in [-0.15, -0.1) is 10.2 Å². The third kappa shape index (κ3) is 5.40. The second kappa shape index (κ2) is 9.85. The number of nitrogens with zero attached hydrogens (tertiary/aromatic N) is 3. The van der Waals surface area contributed by atoms with Gasteiger partial charge in [-0.05, 0) is 69.1 Å². The van der Waals surface area contributed by atoms with E-state index in [4.69, 9.17) is 10.5 Å². The van der Waals surface area contributed by atoms with E-state index >= 15 is 0 Å². The molecular weight excluding hydrogens is 456 g/mol. The first kappa shape index (κ1) is 23.6. The van der Waals surface area contributed by atoms with E-state index in [1.54, 1.807) is 0 Å². The van der Waals surface area contributed by atoms with Crippen molar-refractivity contribution in [3.8, 4) is 0 Å². The molecule has 11 heteroatoms. The van der Waals surface area contributed by atoms with Crippen LogP contribution in [0.25, 0.3) is 0 Å². The van der Waals surface area contributed by atoms with E-state index < -0.39 is 11.9 Å². The van der Waals surface area contributed by atoms with Crippen LogP contribution >= 0.6 is 11.8 Å². The molecule has 0 spiro atoms. The molecule has 4 N–H and O–H groups in total. The Hall–Kier alpha value is -2.14. The third-order valence-electron chi connectivity index (χ3n) is 7.80. The van der Waals surface area contributed by atoms with Gasteiger partial charge in [0.15, 0.2) is 5.16 Å². The van der Waals surface area contributed by atoms with Crippen molar-refractivity contribution in [2.75, 3.05) is 12.4 Å². The summed E-state index contributed by atoms with van der Waals surface area (Å²) >= 11 is 1.23.